The minimum atomic E-state index is -4.99. The van der Waals surface area contributed by atoms with Gasteiger partial charge in [-0.1, -0.05) is 10.9 Å². The molecular formula is C11H5F6N2O. The van der Waals surface area contributed by atoms with Crippen LogP contribution >= 0.6 is 0 Å². The second-order valence-electron chi connectivity index (χ2n) is 3.61. The Morgan fingerprint density at radius 1 is 1.00 bits per heavy atom. The summed E-state index contributed by atoms with van der Waals surface area (Å²) in [7, 11) is 0. The van der Waals surface area contributed by atoms with Crippen LogP contribution in [0, 0.1) is 6.07 Å². The van der Waals surface area contributed by atoms with E-state index in [1.165, 1.54) is 0 Å². The highest BCUT2D eigenvalue weighted by Gasteiger charge is 2.42. The van der Waals surface area contributed by atoms with Crippen molar-refractivity contribution in [3.63, 3.8) is 0 Å². The minimum absolute atomic E-state index is 0.458. The molecule has 0 aliphatic rings. The Morgan fingerprint density at radius 2 is 1.55 bits per heavy atom. The molecule has 0 amide bonds. The van der Waals surface area contributed by atoms with Crippen molar-refractivity contribution in [1.82, 2.24) is 9.94 Å². The van der Waals surface area contributed by atoms with Crippen LogP contribution in [0.3, 0.4) is 0 Å². The first-order valence-electron chi connectivity index (χ1n) is 5.06. The molecule has 2 rings (SSSR count). The van der Waals surface area contributed by atoms with Gasteiger partial charge in [-0.3, -0.25) is 0 Å². The Balaban J connectivity index is 2.59. The Labute approximate surface area is 108 Å². The van der Waals surface area contributed by atoms with E-state index in [0.29, 0.717) is 23.0 Å². The summed E-state index contributed by atoms with van der Waals surface area (Å²) < 4.78 is 76.6. The molecule has 0 saturated carbocycles. The Bertz CT molecular complexity index is 556. The van der Waals surface area contributed by atoms with E-state index in [-0.39, 0.29) is 0 Å². The number of nitrogens with zero attached hydrogens (tertiary/aromatic N) is 2. The fourth-order valence-electron chi connectivity index (χ4n) is 1.45. The molecule has 0 N–H and O–H groups in total. The summed E-state index contributed by atoms with van der Waals surface area (Å²) in [5.41, 5.74) is -3.08. The molecule has 107 valence electrons. The maximum Gasteiger partial charge on any atom is 0.420 e. The molecule has 0 aliphatic heterocycles. The smallest absolute Gasteiger partial charge is 0.357 e. The quantitative estimate of drug-likeness (QED) is 0.792. The Kier molecular flexibility index (Phi) is 3.36. The molecule has 0 fully saturated rings. The minimum Gasteiger partial charge on any atom is -0.357 e. The van der Waals surface area contributed by atoms with Crippen molar-refractivity contribution < 1.29 is 31.2 Å². The second-order valence-corrected chi connectivity index (χ2v) is 3.61. The number of para-hydroxylation sites is 1. The summed E-state index contributed by atoms with van der Waals surface area (Å²) in [6.45, 7) is 0. The van der Waals surface area contributed by atoms with Gasteiger partial charge in [-0.2, -0.15) is 26.3 Å². The average molecular weight is 295 g/mol. The van der Waals surface area contributed by atoms with Crippen molar-refractivity contribution in [3.05, 3.63) is 47.8 Å². The van der Waals surface area contributed by atoms with E-state index in [2.05, 4.69) is 16.0 Å². The van der Waals surface area contributed by atoms with Gasteiger partial charge in [-0.05, 0) is 12.1 Å². The third-order valence-electron chi connectivity index (χ3n) is 2.24. The van der Waals surface area contributed by atoms with Crippen molar-refractivity contribution in [2.45, 2.75) is 12.4 Å². The summed E-state index contributed by atoms with van der Waals surface area (Å²) in [5, 5.41) is 3.36. The fraction of sp³-hybridized carbons (Fsp3) is 0.182. The van der Waals surface area contributed by atoms with Gasteiger partial charge in [0.25, 0.3) is 0 Å². The lowest BCUT2D eigenvalue weighted by Gasteiger charge is -2.17. The average Bonchev–Trinajstić information content (AvgIpc) is 2.79. The van der Waals surface area contributed by atoms with Crippen LogP contribution in [-0.4, -0.2) is 9.94 Å². The van der Waals surface area contributed by atoms with Crippen LogP contribution in [0.1, 0.15) is 11.1 Å². The maximum atomic E-state index is 12.8. The van der Waals surface area contributed by atoms with Crippen molar-refractivity contribution in [2.24, 2.45) is 0 Å². The molecule has 0 atom stereocenters. The van der Waals surface area contributed by atoms with Gasteiger partial charge < -0.3 is 4.84 Å². The lowest BCUT2D eigenvalue weighted by molar-refractivity contribution is -0.146. The number of alkyl halides is 6. The van der Waals surface area contributed by atoms with Gasteiger partial charge in [0.1, 0.15) is 11.1 Å². The Hall–Kier alpha value is -2.19. The van der Waals surface area contributed by atoms with E-state index >= 15 is 0 Å². The van der Waals surface area contributed by atoms with Gasteiger partial charge in [0, 0.05) is 6.07 Å². The highest BCUT2D eigenvalue weighted by atomic mass is 19.4. The van der Waals surface area contributed by atoms with Gasteiger partial charge in [-0.25, -0.2) is 0 Å². The molecule has 0 unspecified atom stereocenters. The topological polar surface area (TPSA) is 27.1 Å². The third-order valence-corrected chi connectivity index (χ3v) is 2.24. The first-order valence-corrected chi connectivity index (χ1v) is 5.06. The maximum absolute atomic E-state index is 12.8. The molecule has 1 heterocycles. The number of rotatable bonds is 2. The number of hydrogen-bond donors (Lipinski definition) is 0. The van der Waals surface area contributed by atoms with E-state index in [9.17, 15) is 26.3 Å². The molecule has 3 nitrogen and oxygen atoms in total. The molecule has 20 heavy (non-hydrogen) atoms. The van der Waals surface area contributed by atoms with Crippen LogP contribution in [-0.2, 0) is 12.4 Å². The molecular weight excluding hydrogens is 290 g/mol. The third kappa shape index (κ3) is 2.86. The summed E-state index contributed by atoms with van der Waals surface area (Å²) >= 11 is 0. The van der Waals surface area contributed by atoms with Crippen LogP contribution in [0.15, 0.2) is 30.6 Å². The molecule has 1 aromatic heterocycles. The molecule has 0 spiro atoms. The molecule has 0 bridgehead atoms. The normalized spacial score (nSPS) is 12.5. The van der Waals surface area contributed by atoms with Crippen molar-refractivity contribution in [2.75, 3.05) is 0 Å². The van der Waals surface area contributed by atoms with Crippen LogP contribution in [0.2, 0.25) is 0 Å². The van der Waals surface area contributed by atoms with E-state index in [1.807, 2.05) is 0 Å². The summed E-state index contributed by atoms with van der Waals surface area (Å²) in [5.74, 6) is -1.36. The highest BCUT2D eigenvalue weighted by molar-refractivity contribution is 5.44. The molecule has 1 radical (unpaired) electrons. The van der Waals surface area contributed by atoms with Crippen LogP contribution in [0.5, 0.6) is 5.75 Å². The lowest BCUT2D eigenvalue weighted by atomic mass is 10.1. The Morgan fingerprint density at radius 3 is 1.95 bits per heavy atom. The van der Waals surface area contributed by atoms with E-state index < -0.39 is 29.2 Å². The summed E-state index contributed by atoms with van der Waals surface area (Å²) in [6, 6.07) is 3.99. The van der Waals surface area contributed by atoms with Gasteiger partial charge in [0.2, 0.25) is 0 Å². The molecule has 0 aliphatic carbocycles. The lowest BCUT2D eigenvalue weighted by Crippen LogP contribution is -2.17. The van der Waals surface area contributed by atoms with Gasteiger partial charge in [0.15, 0.2) is 5.75 Å². The monoisotopic (exact) mass is 295 g/mol. The predicted molar refractivity (Wildman–Crippen MR) is 53.5 cm³/mol. The van der Waals surface area contributed by atoms with Crippen LogP contribution in [0.25, 0.3) is 0 Å². The zero-order valence-corrected chi connectivity index (χ0v) is 9.46. The largest absolute Gasteiger partial charge is 0.420 e. The standard InChI is InChI=1S/C11H5F6N2O/c12-10(13,14)7-3-1-4-8(11(15,16)17)9(7)20-19-6-2-5-18-19/h1,3-6H. The zero-order valence-electron chi connectivity index (χ0n) is 9.46. The SMILES string of the molecule is FC(F)(F)c1cccc(C(F)(F)F)c1On1c[c]cn1. The number of aromatic nitrogens is 2. The molecule has 2 aromatic rings. The van der Waals surface area contributed by atoms with Gasteiger partial charge in [0.05, 0.1) is 12.4 Å². The van der Waals surface area contributed by atoms with E-state index in [4.69, 9.17) is 0 Å². The predicted octanol–water partition coefficient (Wildman–Crippen LogP) is 3.56. The van der Waals surface area contributed by atoms with Gasteiger partial charge >= 0.3 is 12.4 Å². The van der Waals surface area contributed by atoms with Crippen molar-refractivity contribution in [3.8, 4) is 5.75 Å². The second kappa shape index (κ2) is 4.73. The fourth-order valence-corrected chi connectivity index (χ4v) is 1.45. The van der Waals surface area contributed by atoms with E-state index in [1.54, 1.807) is 0 Å². The first kappa shape index (κ1) is 14.2. The number of benzene rings is 1. The van der Waals surface area contributed by atoms with Crippen LogP contribution < -0.4 is 4.84 Å². The van der Waals surface area contributed by atoms with Crippen LogP contribution in [0.4, 0.5) is 26.3 Å². The van der Waals surface area contributed by atoms with Crippen molar-refractivity contribution in [1.29, 1.82) is 0 Å². The van der Waals surface area contributed by atoms with Crippen molar-refractivity contribution >= 4 is 0 Å². The number of halogens is 6. The molecule has 0 saturated heterocycles. The van der Waals surface area contributed by atoms with E-state index in [0.717, 1.165) is 12.4 Å². The number of hydrogen-bond acceptors (Lipinski definition) is 2. The summed E-state index contributed by atoms with van der Waals surface area (Å²) in [4.78, 5) is 5.03. The highest BCUT2D eigenvalue weighted by Crippen LogP contribution is 2.44. The first-order chi connectivity index (χ1) is 9.19. The zero-order chi connectivity index (χ0) is 15.0. The molecule has 9 heteroatoms. The summed E-state index contributed by atoms with van der Waals surface area (Å²) in [6.07, 6.45) is -8.00. The molecule has 1 aromatic carbocycles. The van der Waals surface area contributed by atoms with Gasteiger partial charge in [-0.15, -0.1) is 5.10 Å².